The predicted octanol–water partition coefficient (Wildman–Crippen LogP) is 3.09. The number of aliphatic carboxylic acids is 1. The van der Waals surface area contributed by atoms with E-state index in [9.17, 15) is 19.5 Å². The van der Waals surface area contributed by atoms with Crippen LogP contribution in [0.3, 0.4) is 0 Å². The van der Waals surface area contributed by atoms with E-state index in [0.717, 1.165) is 22.3 Å². The molecule has 2 atom stereocenters. The van der Waals surface area contributed by atoms with E-state index in [-0.39, 0.29) is 25.5 Å². The summed E-state index contributed by atoms with van der Waals surface area (Å²) >= 11 is 0. The van der Waals surface area contributed by atoms with Gasteiger partial charge in [-0.1, -0.05) is 55.5 Å². The Kier molecular flexibility index (Phi) is 7.45. The number of fused-ring (bicyclic) bond motifs is 3. The molecule has 3 aromatic rings. The lowest BCUT2D eigenvalue weighted by atomic mass is 9.98. The average molecular weight is 477 g/mol. The number of carbonyl (C=O) groups excluding carboxylic acids is 2. The van der Waals surface area contributed by atoms with Crippen molar-refractivity contribution in [1.82, 2.24) is 20.6 Å². The van der Waals surface area contributed by atoms with Crippen molar-refractivity contribution in [2.75, 3.05) is 13.2 Å². The maximum absolute atomic E-state index is 12.7. The number of nitrogens with zero attached hydrogens (tertiary/aromatic N) is 1. The largest absolute Gasteiger partial charge is 0.480 e. The first-order valence-electron chi connectivity index (χ1n) is 11.6. The Morgan fingerprint density at radius 1 is 1.09 bits per heavy atom. The number of benzene rings is 2. The van der Waals surface area contributed by atoms with Crippen molar-refractivity contribution in [2.24, 2.45) is 5.92 Å². The summed E-state index contributed by atoms with van der Waals surface area (Å²) < 4.78 is 5.52. The predicted molar refractivity (Wildman–Crippen MR) is 129 cm³/mol. The molecule has 0 saturated heterocycles. The molecule has 35 heavy (non-hydrogen) atoms. The zero-order chi connectivity index (χ0) is 24.8. The fourth-order valence-electron chi connectivity index (χ4n) is 4.38. The lowest BCUT2D eigenvalue weighted by molar-refractivity contribution is -0.142. The van der Waals surface area contributed by atoms with Gasteiger partial charge in [-0.25, -0.2) is 14.6 Å². The number of rotatable bonds is 10. The molecule has 2 aromatic carbocycles. The van der Waals surface area contributed by atoms with Crippen molar-refractivity contribution in [3.05, 3.63) is 77.9 Å². The van der Waals surface area contributed by atoms with Crippen LogP contribution in [0.25, 0.3) is 11.1 Å². The quantitative estimate of drug-likeness (QED) is 0.355. The average Bonchev–Trinajstić information content (AvgIpc) is 3.48. The lowest BCUT2D eigenvalue weighted by Gasteiger charge is -2.20. The van der Waals surface area contributed by atoms with Crippen molar-refractivity contribution in [1.29, 1.82) is 0 Å². The van der Waals surface area contributed by atoms with Crippen molar-refractivity contribution in [2.45, 2.75) is 31.7 Å². The Hall–Kier alpha value is -4.14. The molecule has 0 spiro atoms. The number of hydrogen-bond acceptors (Lipinski definition) is 5. The highest BCUT2D eigenvalue weighted by atomic mass is 16.5. The van der Waals surface area contributed by atoms with E-state index in [0.29, 0.717) is 12.1 Å². The minimum atomic E-state index is -1.15. The van der Waals surface area contributed by atoms with Gasteiger partial charge >= 0.3 is 12.1 Å². The third-order valence-corrected chi connectivity index (χ3v) is 6.29. The number of hydrogen-bond donors (Lipinski definition) is 4. The highest BCUT2D eigenvalue weighted by Crippen LogP contribution is 2.44. The Labute approximate surface area is 202 Å². The molecular weight excluding hydrogens is 448 g/mol. The van der Waals surface area contributed by atoms with Crippen molar-refractivity contribution in [3.8, 4) is 11.1 Å². The molecule has 1 aliphatic carbocycles. The molecule has 1 aromatic heterocycles. The number of carboxylic acid groups (broad SMARTS) is 1. The summed E-state index contributed by atoms with van der Waals surface area (Å²) in [4.78, 5) is 43.4. The lowest BCUT2D eigenvalue weighted by Crippen LogP contribution is -2.47. The van der Waals surface area contributed by atoms with Crippen LogP contribution in [0.5, 0.6) is 0 Å². The smallest absolute Gasteiger partial charge is 0.407 e. The highest BCUT2D eigenvalue weighted by molar-refractivity contribution is 5.85. The molecule has 9 heteroatoms. The number of aromatic amines is 1. The zero-order valence-corrected chi connectivity index (χ0v) is 19.4. The number of H-pyrrole nitrogens is 1. The molecule has 0 fully saturated rings. The Balaban J connectivity index is 1.30. The summed E-state index contributed by atoms with van der Waals surface area (Å²) in [5.41, 5.74) is 5.11. The van der Waals surface area contributed by atoms with Gasteiger partial charge in [0.15, 0.2) is 0 Å². The number of ether oxygens (including phenoxy) is 1. The van der Waals surface area contributed by atoms with E-state index < -0.39 is 29.9 Å². The van der Waals surface area contributed by atoms with Crippen molar-refractivity contribution in [3.63, 3.8) is 0 Å². The number of amides is 2. The second-order valence-corrected chi connectivity index (χ2v) is 8.49. The first-order chi connectivity index (χ1) is 17.0. The molecule has 0 aliphatic heterocycles. The van der Waals surface area contributed by atoms with Gasteiger partial charge in [-0.3, -0.25) is 4.79 Å². The van der Waals surface area contributed by atoms with Gasteiger partial charge in [-0.05, 0) is 28.7 Å². The van der Waals surface area contributed by atoms with Crippen molar-refractivity contribution < 1.29 is 24.2 Å². The fraction of sp³-hybridized carbons (Fsp3) is 0.308. The number of alkyl carbamates (subject to hydrolysis) is 1. The topological polar surface area (TPSA) is 133 Å². The minimum Gasteiger partial charge on any atom is -0.480 e. The van der Waals surface area contributed by atoms with Crippen LogP contribution < -0.4 is 10.6 Å². The number of carbonyl (C=O) groups is 3. The van der Waals surface area contributed by atoms with Crippen LogP contribution in [-0.4, -0.2) is 52.2 Å². The number of nitrogens with one attached hydrogen (secondary N) is 3. The van der Waals surface area contributed by atoms with Gasteiger partial charge in [0.25, 0.3) is 0 Å². The minimum absolute atomic E-state index is 0.0371. The van der Waals surface area contributed by atoms with E-state index in [4.69, 9.17) is 4.74 Å². The summed E-state index contributed by atoms with van der Waals surface area (Å²) in [7, 11) is 0. The molecule has 1 heterocycles. The van der Waals surface area contributed by atoms with E-state index in [1.165, 1.54) is 12.5 Å². The van der Waals surface area contributed by atoms with E-state index in [1.54, 1.807) is 6.92 Å². The number of aromatic nitrogens is 2. The van der Waals surface area contributed by atoms with Gasteiger partial charge in [-0.15, -0.1) is 0 Å². The van der Waals surface area contributed by atoms with Crippen LogP contribution in [0.15, 0.2) is 61.1 Å². The first kappa shape index (κ1) is 24.0. The summed E-state index contributed by atoms with van der Waals surface area (Å²) in [5.74, 6) is -2.25. The molecule has 1 unspecified atom stereocenters. The second kappa shape index (κ2) is 10.9. The van der Waals surface area contributed by atoms with Gasteiger partial charge in [0.1, 0.15) is 12.6 Å². The highest BCUT2D eigenvalue weighted by Gasteiger charge is 2.29. The van der Waals surface area contributed by atoms with E-state index in [1.807, 2.05) is 36.4 Å². The molecule has 4 N–H and O–H groups in total. The number of carboxylic acids is 1. The maximum atomic E-state index is 12.7. The molecule has 4 rings (SSSR count). The third-order valence-electron chi connectivity index (χ3n) is 6.29. The van der Waals surface area contributed by atoms with Gasteiger partial charge in [0.05, 0.1) is 12.2 Å². The van der Waals surface area contributed by atoms with Gasteiger partial charge < -0.3 is 25.5 Å². The summed E-state index contributed by atoms with van der Waals surface area (Å²) in [6.45, 7) is 2.01. The Morgan fingerprint density at radius 3 is 2.31 bits per heavy atom. The summed E-state index contributed by atoms with van der Waals surface area (Å²) in [5, 5.41) is 14.7. The molecule has 1 aliphatic rings. The van der Waals surface area contributed by atoms with E-state index in [2.05, 4.69) is 32.7 Å². The Morgan fingerprint density at radius 2 is 1.74 bits per heavy atom. The SMILES string of the molecule is CCC(CNC(=O)OCC1c2ccccc2-c2ccccc21)C(=O)N[C@H](Cc1cnc[nH]1)C(=O)O. The van der Waals surface area contributed by atoms with Crippen LogP contribution in [0.1, 0.15) is 36.1 Å². The monoisotopic (exact) mass is 476 g/mol. The van der Waals surface area contributed by atoms with Crippen LogP contribution in [0, 0.1) is 5.92 Å². The van der Waals surface area contributed by atoms with Gasteiger partial charge in [0.2, 0.25) is 5.91 Å². The standard InChI is InChI=1S/C26H28N4O5/c1-2-16(24(31)30-23(25(32)33)11-17-13-27-15-29-17)12-28-26(34)35-14-22-20-9-5-3-7-18(20)19-8-4-6-10-21(19)22/h3-10,13,15-16,22-23H,2,11-12,14H2,1H3,(H,27,29)(H,28,34)(H,30,31)(H,32,33)/t16?,23-/m1/s1. The maximum Gasteiger partial charge on any atom is 0.407 e. The van der Waals surface area contributed by atoms with Gasteiger partial charge in [0, 0.05) is 30.8 Å². The van der Waals surface area contributed by atoms with Crippen LogP contribution in [-0.2, 0) is 20.7 Å². The molecule has 2 amide bonds. The number of imidazole rings is 1. The second-order valence-electron chi connectivity index (χ2n) is 8.49. The molecular formula is C26H28N4O5. The Bertz CT molecular complexity index is 1150. The third kappa shape index (κ3) is 5.51. The molecule has 0 radical (unpaired) electrons. The van der Waals surface area contributed by atoms with Crippen LogP contribution in [0.4, 0.5) is 4.79 Å². The van der Waals surface area contributed by atoms with Gasteiger partial charge in [-0.2, -0.15) is 0 Å². The normalized spacial score (nSPS) is 13.9. The molecule has 9 nitrogen and oxygen atoms in total. The fourth-order valence-corrected chi connectivity index (χ4v) is 4.38. The molecule has 0 bridgehead atoms. The van der Waals surface area contributed by atoms with E-state index >= 15 is 0 Å². The summed E-state index contributed by atoms with van der Waals surface area (Å²) in [6.07, 6.45) is 2.84. The zero-order valence-electron chi connectivity index (χ0n) is 19.4. The van der Waals surface area contributed by atoms with Crippen molar-refractivity contribution >= 4 is 18.0 Å². The van der Waals surface area contributed by atoms with Crippen LogP contribution in [0.2, 0.25) is 0 Å². The summed E-state index contributed by atoms with van der Waals surface area (Å²) in [6, 6.07) is 15.0. The van der Waals surface area contributed by atoms with Crippen LogP contribution >= 0.6 is 0 Å². The first-order valence-corrected chi connectivity index (χ1v) is 11.6. The molecule has 182 valence electrons. The molecule has 0 saturated carbocycles.